The van der Waals surface area contributed by atoms with Crippen LogP contribution in [0.25, 0.3) is 10.2 Å². The average molecular weight is 379 g/mol. The van der Waals surface area contributed by atoms with Gasteiger partial charge in [-0.2, -0.15) is 0 Å². The summed E-state index contributed by atoms with van der Waals surface area (Å²) in [6.45, 7) is 1.86. The van der Waals surface area contributed by atoms with Gasteiger partial charge in [-0.1, -0.05) is 17.9 Å². The number of carbonyl (C=O) groups excluding carboxylic acids is 2. The van der Waals surface area contributed by atoms with Crippen LogP contribution in [-0.2, 0) is 4.79 Å². The molecule has 0 fully saturated rings. The Hall–Kier alpha value is -3.37. The van der Waals surface area contributed by atoms with E-state index in [1.54, 1.807) is 35.8 Å². The van der Waals surface area contributed by atoms with E-state index in [9.17, 15) is 9.59 Å². The zero-order valence-corrected chi connectivity index (χ0v) is 15.4. The molecule has 2 amide bonds. The number of hydrogen-bond donors (Lipinski definition) is 2. The Morgan fingerprint density at radius 1 is 1.19 bits per heavy atom. The maximum absolute atomic E-state index is 12.1. The molecule has 2 aromatic carbocycles. The fourth-order valence-corrected chi connectivity index (χ4v) is 3.04. The maximum Gasteiger partial charge on any atom is 0.252 e. The second-order valence-electron chi connectivity index (χ2n) is 5.57. The molecule has 0 radical (unpaired) electrons. The zero-order chi connectivity index (χ0) is 19.1. The summed E-state index contributed by atoms with van der Waals surface area (Å²) < 4.78 is 6.49. The third-order valence-electron chi connectivity index (χ3n) is 3.52. The summed E-state index contributed by atoms with van der Waals surface area (Å²) in [6.07, 6.45) is 0. The molecule has 2 N–H and O–H groups in total. The number of nitrogens with one attached hydrogen (secondary N) is 2. The predicted octanol–water partition coefficient (Wildman–Crippen LogP) is 3.07. The number of nitrogens with zero attached hydrogens (tertiary/aromatic N) is 1. The van der Waals surface area contributed by atoms with Gasteiger partial charge in [0.05, 0.1) is 22.3 Å². The SMILES string of the molecule is CC(=O)Nc1cccc(OCC#CCNC(=O)c2ccc3ncsc3c2)c1. The second-order valence-corrected chi connectivity index (χ2v) is 6.46. The van der Waals surface area contributed by atoms with Gasteiger partial charge in [-0.05, 0) is 30.3 Å². The van der Waals surface area contributed by atoms with E-state index in [4.69, 9.17) is 4.74 Å². The van der Waals surface area contributed by atoms with Crippen molar-refractivity contribution in [1.82, 2.24) is 10.3 Å². The van der Waals surface area contributed by atoms with E-state index in [0.29, 0.717) is 17.0 Å². The van der Waals surface area contributed by atoms with Gasteiger partial charge in [-0.25, -0.2) is 4.98 Å². The molecule has 1 heterocycles. The fourth-order valence-electron chi connectivity index (χ4n) is 2.32. The van der Waals surface area contributed by atoms with E-state index >= 15 is 0 Å². The molecule has 0 bridgehead atoms. The van der Waals surface area contributed by atoms with E-state index in [0.717, 1.165) is 10.2 Å². The summed E-state index contributed by atoms with van der Waals surface area (Å²) in [6, 6.07) is 12.5. The predicted molar refractivity (Wildman–Crippen MR) is 106 cm³/mol. The number of aromatic nitrogens is 1. The van der Waals surface area contributed by atoms with Crippen molar-refractivity contribution in [2.75, 3.05) is 18.5 Å². The van der Waals surface area contributed by atoms with Crippen molar-refractivity contribution in [2.24, 2.45) is 0 Å². The number of fused-ring (bicyclic) bond motifs is 1. The smallest absolute Gasteiger partial charge is 0.252 e. The van der Waals surface area contributed by atoms with Crippen LogP contribution in [0.2, 0.25) is 0 Å². The third kappa shape index (κ3) is 5.30. The molecule has 27 heavy (non-hydrogen) atoms. The van der Waals surface area contributed by atoms with Crippen LogP contribution >= 0.6 is 11.3 Å². The van der Waals surface area contributed by atoms with Crippen LogP contribution in [0.3, 0.4) is 0 Å². The number of ether oxygens (including phenoxy) is 1. The lowest BCUT2D eigenvalue weighted by Gasteiger charge is -2.05. The minimum Gasteiger partial charge on any atom is -0.481 e. The Morgan fingerprint density at radius 2 is 2.07 bits per heavy atom. The lowest BCUT2D eigenvalue weighted by molar-refractivity contribution is -0.114. The van der Waals surface area contributed by atoms with Crippen LogP contribution in [0.15, 0.2) is 48.0 Å². The van der Waals surface area contributed by atoms with E-state index in [-0.39, 0.29) is 25.0 Å². The number of carbonyl (C=O) groups is 2. The van der Waals surface area contributed by atoms with Crippen molar-refractivity contribution in [1.29, 1.82) is 0 Å². The highest BCUT2D eigenvalue weighted by molar-refractivity contribution is 7.16. The Kier molecular flexibility index (Phi) is 6.02. The highest BCUT2D eigenvalue weighted by Crippen LogP contribution is 2.19. The van der Waals surface area contributed by atoms with Gasteiger partial charge in [0.1, 0.15) is 12.4 Å². The van der Waals surface area contributed by atoms with Crippen LogP contribution in [0, 0.1) is 11.8 Å². The Bertz CT molecular complexity index is 1030. The average Bonchev–Trinajstić information content (AvgIpc) is 3.12. The van der Waals surface area contributed by atoms with Crippen LogP contribution in [0.1, 0.15) is 17.3 Å². The molecule has 136 valence electrons. The van der Waals surface area contributed by atoms with Gasteiger partial charge in [0, 0.05) is 24.2 Å². The molecule has 1 aromatic heterocycles. The first kappa shape index (κ1) is 18.4. The summed E-state index contributed by atoms with van der Waals surface area (Å²) in [5.41, 5.74) is 3.89. The molecule has 0 saturated heterocycles. The van der Waals surface area contributed by atoms with Gasteiger partial charge in [-0.3, -0.25) is 9.59 Å². The largest absolute Gasteiger partial charge is 0.481 e. The Balaban J connectivity index is 1.45. The first-order valence-electron chi connectivity index (χ1n) is 8.19. The van der Waals surface area contributed by atoms with Crippen molar-refractivity contribution < 1.29 is 14.3 Å². The van der Waals surface area contributed by atoms with Gasteiger partial charge in [-0.15, -0.1) is 11.3 Å². The second kappa shape index (κ2) is 8.83. The number of hydrogen-bond acceptors (Lipinski definition) is 5. The first-order chi connectivity index (χ1) is 13.1. The molecule has 0 unspecified atom stereocenters. The monoisotopic (exact) mass is 379 g/mol. The zero-order valence-electron chi connectivity index (χ0n) is 14.6. The molecular weight excluding hydrogens is 362 g/mol. The summed E-state index contributed by atoms with van der Waals surface area (Å²) >= 11 is 1.50. The summed E-state index contributed by atoms with van der Waals surface area (Å²) in [7, 11) is 0. The molecule has 7 heteroatoms. The summed E-state index contributed by atoms with van der Waals surface area (Å²) in [5, 5.41) is 5.44. The van der Waals surface area contributed by atoms with Crippen molar-refractivity contribution >= 4 is 39.1 Å². The van der Waals surface area contributed by atoms with Crippen molar-refractivity contribution in [3.05, 3.63) is 53.5 Å². The Labute approximate surface area is 160 Å². The first-order valence-corrected chi connectivity index (χ1v) is 9.07. The van der Waals surface area contributed by atoms with Crippen molar-refractivity contribution in [3.8, 4) is 17.6 Å². The topological polar surface area (TPSA) is 80.3 Å². The number of rotatable bonds is 5. The van der Waals surface area contributed by atoms with Gasteiger partial charge in [0.2, 0.25) is 5.91 Å². The number of anilines is 1. The molecule has 0 spiro atoms. The lowest BCUT2D eigenvalue weighted by Crippen LogP contribution is -2.23. The lowest BCUT2D eigenvalue weighted by atomic mass is 10.2. The van der Waals surface area contributed by atoms with Gasteiger partial charge in [0.25, 0.3) is 5.91 Å². The Morgan fingerprint density at radius 3 is 2.93 bits per heavy atom. The van der Waals surface area contributed by atoms with Crippen molar-refractivity contribution in [3.63, 3.8) is 0 Å². The molecule has 0 aliphatic rings. The molecule has 0 saturated carbocycles. The van der Waals surface area contributed by atoms with Crippen molar-refractivity contribution in [2.45, 2.75) is 6.92 Å². The van der Waals surface area contributed by atoms with Crippen LogP contribution in [0.5, 0.6) is 5.75 Å². The standard InChI is InChI=1S/C20H17N3O3S/c1-14(24)23-16-5-4-6-17(12-16)26-10-3-2-9-21-20(25)15-7-8-18-19(11-15)27-13-22-18/h4-8,11-13H,9-10H2,1H3,(H,21,25)(H,23,24). The highest BCUT2D eigenvalue weighted by Gasteiger charge is 2.06. The molecule has 0 aliphatic heterocycles. The third-order valence-corrected chi connectivity index (χ3v) is 4.31. The normalized spacial score (nSPS) is 9.96. The molecule has 3 rings (SSSR count). The number of benzene rings is 2. The number of amides is 2. The fraction of sp³-hybridized carbons (Fsp3) is 0.150. The summed E-state index contributed by atoms with van der Waals surface area (Å²) in [5.74, 6) is 5.98. The molecule has 3 aromatic rings. The minimum atomic E-state index is -0.177. The van der Waals surface area contributed by atoms with Crippen LogP contribution < -0.4 is 15.4 Å². The van der Waals surface area contributed by atoms with E-state index in [2.05, 4.69) is 27.5 Å². The van der Waals surface area contributed by atoms with E-state index in [1.807, 2.05) is 12.1 Å². The molecule has 0 atom stereocenters. The van der Waals surface area contributed by atoms with E-state index < -0.39 is 0 Å². The van der Waals surface area contributed by atoms with Gasteiger partial charge >= 0.3 is 0 Å². The molecular formula is C20H17N3O3S. The molecule has 0 aliphatic carbocycles. The van der Waals surface area contributed by atoms with E-state index in [1.165, 1.54) is 18.3 Å². The summed E-state index contributed by atoms with van der Waals surface area (Å²) in [4.78, 5) is 27.4. The van der Waals surface area contributed by atoms with Gasteiger partial charge in [0.15, 0.2) is 0 Å². The minimum absolute atomic E-state index is 0.142. The molecule has 6 nitrogen and oxygen atoms in total. The van der Waals surface area contributed by atoms with Crippen LogP contribution in [-0.4, -0.2) is 29.9 Å². The quantitative estimate of drug-likeness (QED) is 0.668. The van der Waals surface area contributed by atoms with Crippen LogP contribution in [0.4, 0.5) is 5.69 Å². The maximum atomic E-state index is 12.1. The van der Waals surface area contributed by atoms with Gasteiger partial charge < -0.3 is 15.4 Å². The number of thiazole rings is 1. The highest BCUT2D eigenvalue weighted by atomic mass is 32.1.